The zero-order chi connectivity index (χ0) is 9.42. The molecule has 0 amide bonds. The molecule has 0 aliphatic rings. The van der Waals surface area contributed by atoms with Crippen LogP contribution in [0.4, 0.5) is 0 Å². The summed E-state index contributed by atoms with van der Waals surface area (Å²) in [5, 5.41) is 3.14. The number of H-pyrrole nitrogens is 1. The van der Waals surface area contributed by atoms with Crippen molar-refractivity contribution in [3.8, 4) is 0 Å². The average Bonchev–Trinajstić information content (AvgIpc) is 2.58. The summed E-state index contributed by atoms with van der Waals surface area (Å²) in [6.07, 6.45) is 1.87. The first kappa shape index (κ1) is 8.25. The first-order valence-electron chi connectivity index (χ1n) is 4.34. The second-order valence-corrected chi connectivity index (χ2v) is 3.37. The fourth-order valence-electron chi connectivity index (χ4n) is 1.19. The van der Waals surface area contributed by atoms with Crippen molar-refractivity contribution in [2.45, 2.75) is 26.3 Å². The molecule has 2 aromatic rings. The van der Waals surface area contributed by atoms with Gasteiger partial charge in [0, 0.05) is 12.5 Å². The van der Waals surface area contributed by atoms with E-state index in [0.717, 1.165) is 11.5 Å². The van der Waals surface area contributed by atoms with Gasteiger partial charge in [0.2, 0.25) is 0 Å². The van der Waals surface area contributed by atoms with Crippen molar-refractivity contribution in [2.75, 3.05) is 0 Å². The summed E-state index contributed by atoms with van der Waals surface area (Å²) < 4.78 is 1.80. The fraction of sp³-hybridized carbons (Fsp3) is 0.500. The molecular formula is C8H13N5. The molecule has 0 saturated heterocycles. The third-order valence-electron chi connectivity index (χ3n) is 1.95. The van der Waals surface area contributed by atoms with Gasteiger partial charge in [0.25, 0.3) is 5.78 Å². The van der Waals surface area contributed by atoms with Gasteiger partial charge in [0.05, 0.1) is 11.9 Å². The van der Waals surface area contributed by atoms with Crippen LogP contribution < -0.4 is 5.73 Å². The van der Waals surface area contributed by atoms with Crippen LogP contribution in [0.25, 0.3) is 5.78 Å². The second-order valence-electron chi connectivity index (χ2n) is 3.37. The van der Waals surface area contributed by atoms with E-state index in [1.807, 2.05) is 6.20 Å². The summed E-state index contributed by atoms with van der Waals surface area (Å²) in [6.45, 7) is 4.62. The van der Waals surface area contributed by atoms with Crippen molar-refractivity contribution in [3.63, 3.8) is 0 Å². The van der Waals surface area contributed by atoms with Crippen molar-refractivity contribution in [1.29, 1.82) is 0 Å². The molecule has 0 aliphatic heterocycles. The van der Waals surface area contributed by atoms with Crippen LogP contribution in [0.2, 0.25) is 0 Å². The van der Waals surface area contributed by atoms with E-state index in [1.54, 1.807) is 4.52 Å². The molecule has 0 spiro atoms. The average molecular weight is 179 g/mol. The summed E-state index contributed by atoms with van der Waals surface area (Å²) >= 11 is 0. The van der Waals surface area contributed by atoms with Crippen LogP contribution in [-0.2, 0) is 6.54 Å². The number of hydrogen-bond acceptors (Lipinski definition) is 3. The number of nitrogens with two attached hydrogens (primary N) is 1. The Labute approximate surface area is 76.0 Å². The number of nitrogens with zero attached hydrogens (tertiary/aromatic N) is 3. The molecule has 2 aromatic heterocycles. The highest BCUT2D eigenvalue weighted by molar-refractivity contribution is 5.29. The van der Waals surface area contributed by atoms with Gasteiger partial charge in [0.1, 0.15) is 5.82 Å². The van der Waals surface area contributed by atoms with E-state index in [9.17, 15) is 0 Å². The quantitative estimate of drug-likeness (QED) is 0.710. The van der Waals surface area contributed by atoms with Crippen LogP contribution in [0.1, 0.15) is 31.3 Å². The third-order valence-corrected chi connectivity index (χ3v) is 1.95. The minimum absolute atomic E-state index is 0.392. The van der Waals surface area contributed by atoms with Crippen molar-refractivity contribution < 1.29 is 0 Å². The van der Waals surface area contributed by atoms with Gasteiger partial charge in [-0.25, -0.2) is 9.50 Å². The summed E-state index contributed by atoms with van der Waals surface area (Å²) in [5.74, 6) is 2.04. The maximum Gasteiger partial charge on any atom is 0.250 e. The molecule has 5 nitrogen and oxygen atoms in total. The molecule has 13 heavy (non-hydrogen) atoms. The minimum Gasteiger partial charge on any atom is -0.325 e. The molecule has 0 aliphatic carbocycles. The monoisotopic (exact) mass is 179 g/mol. The van der Waals surface area contributed by atoms with Gasteiger partial charge in [-0.1, -0.05) is 13.8 Å². The van der Waals surface area contributed by atoms with E-state index in [0.29, 0.717) is 18.2 Å². The van der Waals surface area contributed by atoms with Crippen LogP contribution in [0, 0.1) is 0 Å². The Kier molecular flexibility index (Phi) is 1.81. The largest absolute Gasteiger partial charge is 0.325 e. The number of fused-ring (bicyclic) bond motifs is 1. The van der Waals surface area contributed by atoms with Crippen LogP contribution in [0.3, 0.4) is 0 Å². The van der Waals surface area contributed by atoms with Gasteiger partial charge in [0.15, 0.2) is 0 Å². The first-order valence-corrected chi connectivity index (χ1v) is 4.34. The highest BCUT2D eigenvalue weighted by atomic mass is 15.3. The van der Waals surface area contributed by atoms with Crippen LogP contribution in [0.15, 0.2) is 6.20 Å². The van der Waals surface area contributed by atoms with Crippen LogP contribution >= 0.6 is 0 Å². The second kappa shape index (κ2) is 2.85. The summed E-state index contributed by atoms with van der Waals surface area (Å²) in [4.78, 5) is 8.55. The summed E-state index contributed by atoms with van der Waals surface area (Å²) in [6, 6.07) is 0. The van der Waals surface area contributed by atoms with E-state index in [1.165, 1.54) is 0 Å². The molecule has 3 N–H and O–H groups in total. The molecular weight excluding hydrogens is 166 g/mol. The normalized spacial score (nSPS) is 11.7. The van der Waals surface area contributed by atoms with Gasteiger partial charge in [-0.3, -0.25) is 5.10 Å². The van der Waals surface area contributed by atoms with Crippen molar-refractivity contribution >= 4 is 5.78 Å². The van der Waals surface area contributed by atoms with Crippen molar-refractivity contribution in [1.82, 2.24) is 19.6 Å². The van der Waals surface area contributed by atoms with E-state index in [2.05, 4.69) is 28.9 Å². The maximum atomic E-state index is 5.45. The van der Waals surface area contributed by atoms with Gasteiger partial charge >= 0.3 is 0 Å². The third kappa shape index (κ3) is 1.31. The lowest BCUT2D eigenvalue weighted by atomic mass is 10.2. The van der Waals surface area contributed by atoms with E-state index < -0.39 is 0 Å². The lowest BCUT2D eigenvalue weighted by Crippen LogP contribution is -1.97. The molecule has 0 radical (unpaired) electrons. The number of nitrogens with one attached hydrogen (secondary N) is 1. The van der Waals surface area contributed by atoms with Gasteiger partial charge in [-0.15, -0.1) is 0 Å². The number of rotatable bonds is 2. The molecule has 70 valence electrons. The number of hydrogen-bond donors (Lipinski definition) is 2. The van der Waals surface area contributed by atoms with Gasteiger partial charge in [-0.05, 0) is 0 Å². The molecule has 0 unspecified atom stereocenters. The Morgan fingerprint density at radius 2 is 2.31 bits per heavy atom. The van der Waals surface area contributed by atoms with Gasteiger partial charge in [-0.2, -0.15) is 4.98 Å². The highest BCUT2D eigenvalue weighted by Crippen LogP contribution is 2.10. The Bertz CT molecular complexity index is 380. The smallest absolute Gasteiger partial charge is 0.250 e. The Balaban J connectivity index is 2.48. The topological polar surface area (TPSA) is 72.0 Å². The number of imidazole rings is 1. The highest BCUT2D eigenvalue weighted by Gasteiger charge is 2.08. The fourth-order valence-corrected chi connectivity index (χ4v) is 1.19. The van der Waals surface area contributed by atoms with Crippen LogP contribution in [-0.4, -0.2) is 19.6 Å². The maximum absolute atomic E-state index is 5.45. The predicted octanol–water partition coefficient (Wildman–Crippen LogP) is 0.640. The molecule has 5 heteroatoms. The molecule has 2 heterocycles. The molecule has 0 saturated carbocycles. The lowest BCUT2D eigenvalue weighted by Gasteiger charge is -1.95. The lowest BCUT2D eigenvalue weighted by molar-refractivity contribution is 0.764. The SMILES string of the molecule is CC(C)c1nc2nc(CN)cn2[nH]1. The van der Waals surface area contributed by atoms with Crippen molar-refractivity contribution in [2.24, 2.45) is 5.73 Å². The Morgan fingerprint density at radius 3 is 2.85 bits per heavy atom. The Morgan fingerprint density at radius 1 is 1.54 bits per heavy atom. The standard InChI is InChI=1S/C8H13N5/c1-5(2)7-11-8-10-6(3-9)4-13(8)12-7/h4-5H,3,9H2,1-2H3,(H,10,11,12). The minimum atomic E-state index is 0.392. The summed E-state index contributed by atoms with van der Waals surface area (Å²) in [5.41, 5.74) is 6.31. The van der Waals surface area contributed by atoms with E-state index in [-0.39, 0.29) is 0 Å². The predicted molar refractivity (Wildman–Crippen MR) is 49.3 cm³/mol. The van der Waals surface area contributed by atoms with Gasteiger partial charge < -0.3 is 5.73 Å². The number of aromatic amines is 1. The van der Waals surface area contributed by atoms with Crippen LogP contribution in [0.5, 0.6) is 0 Å². The zero-order valence-electron chi connectivity index (χ0n) is 7.78. The first-order chi connectivity index (χ1) is 6.20. The summed E-state index contributed by atoms with van der Waals surface area (Å²) in [7, 11) is 0. The molecule has 0 aromatic carbocycles. The molecule has 0 bridgehead atoms. The number of aromatic nitrogens is 4. The van der Waals surface area contributed by atoms with E-state index >= 15 is 0 Å². The van der Waals surface area contributed by atoms with E-state index in [4.69, 9.17) is 5.73 Å². The molecule has 2 rings (SSSR count). The zero-order valence-corrected chi connectivity index (χ0v) is 7.78. The molecule has 0 atom stereocenters. The van der Waals surface area contributed by atoms with Crippen molar-refractivity contribution in [3.05, 3.63) is 17.7 Å². The Hall–Kier alpha value is -1.36. The molecule has 0 fully saturated rings.